The molecular formula is C10H18N2OS. The molecule has 0 radical (unpaired) electrons. The van der Waals surface area contributed by atoms with Gasteiger partial charge in [0.05, 0.1) is 16.8 Å². The summed E-state index contributed by atoms with van der Waals surface area (Å²) >= 11 is 1.71. The molecule has 0 aliphatic carbocycles. The Kier molecular flexibility index (Phi) is 4.51. The maximum atomic E-state index is 5.64. The SMILES string of the molecule is CCc1nc(CC(C)OC)sc1CN. The first-order chi connectivity index (χ1) is 6.71. The molecule has 0 fully saturated rings. The highest BCUT2D eigenvalue weighted by Gasteiger charge is 2.10. The number of nitrogens with zero attached hydrogens (tertiary/aromatic N) is 1. The van der Waals surface area contributed by atoms with Crippen LogP contribution in [-0.4, -0.2) is 18.2 Å². The summed E-state index contributed by atoms with van der Waals surface area (Å²) in [6.45, 7) is 4.76. The van der Waals surface area contributed by atoms with E-state index in [0.29, 0.717) is 6.54 Å². The second-order valence-electron chi connectivity index (χ2n) is 3.29. The van der Waals surface area contributed by atoms with Crippen molar-refractivity contribution in [3.8, 4) is 0 Å². The minimum atomic E-state index is 0.233. The van der Waals surface area contributed by atoms with Crippen LogP contribution in [0.5, 0.6) is 0 Å². The number of aromatic nitrogens is 1. The second-order valence-corrected chi connectivity index (χ2v) is 4.45. The summed E-state index contributed by atoms with van der Waals surface area (Å²) in [5.74, 6) is 0. The first-order valence-corrected chi connectivity index (χ1v) is 5.73. The van der Waals surface area contributed by atoms with Crippen molar-refractivity contribution in [3.05, 3.63) is 15.6 Å². The maximum Gasteiger partial charge on any atom is 0.0957 e. The van der Waals surface area contributed by atoms with Crippen LogP contribution < -0.4 is 5.73 Å². The van der Waals surface area contributed by atoms with E-state index >= 15 is 0 Å². The lowest BCUT2D eigenvalue weighted by atomic mass is 10.3. The van der Waals surface area contributed by atoms with Crippen molar-refractivity contribution in [3.63, 3.8) is 0 Å². The van der Waals surface area contributed by atoms with Crippen LogP contribution in [0.1, 0.15) is 29.4 Å². The molecule has 1 atom stereocenters. The Balaban J connectivity index is 2.73. The molecule has 0 amide bonds. The normalized spacial score (nSPS) is 13.1. The van der Waals surface area contributed by atoms with Gasteiger partial charge in [-0.05, 0) is 13.3 Å². The van der Waals surface area contributed by atoms with Crippen molar-refractivity contribution < 1.29 is 4.74 Å². The molecule has 1 aromatic rings. The quantitative estimate of drug-likeness (QED) is 0.812. The Hall–Kier alpha value is -0.450. The van der Waals surface area contributed by atoms with Gasteiger partial charge < -0.3 is 10.5 Å². The summed E-state index contributed by atoms with van der Waals surface area (Å²) < 4.78 is 5.21. The van der Waals surface area contributed by atoms with Crippen LogP contribution in [0.25, 0.3) is 0 Å². The third-order valence-electron chi connectivity index (χ3n) is 2.21. The highest BCUT2D eigenvalue weighted by molar-refractivity contribution is 7.11. The molecule has 80 valence electrons. The summed E-state index contributed by atoms with van der Waals surface area (Å²) in [4.78, 5) is 5.76. The molecule has 1 rings (SSSR count). The van der Waals surface area contributed by atoms with Crippen LogP contribution in [-0.2, 0) is 24.1 Å². The third kappa shape index (κ3) is 2.77. The Bertz CT molecular complexity index is 264. The van der Waals surface area contributed by atoms with Gasteiger partial charge in [-0.2, -0.15) is 0 Å². The van der Waals surface area contributed by atoms with Gasteiger partial charge in [0.2, 0.25) is 0 Å². The predicted octanol–water partition coefficient (Wildman–Crippen LogP) is 1.74. The fourth-order valence-electron chi connectivity index (χ4n) is 1.29. The summed E-state index contributed by atoms with van der Waals surface area (Å²) in [5.41, 5.74) is 6.79. The molecule has 3 nitrogen and oxygen atoms in total. The number of thiazole rings is 1. The van der Waals surface area contributed by atoms with Crippen LogP contribution in [0.4, 0.5) is 0 Å². The van der Waals surface area contributed by atoms with Gasteiger partial charge in [-0.25, -0.2) is 4.98 Å². The second kappa shape index (κ2) is 5.44. The van der Waals surface area contributed by atoms with Crippen LogP contribution in [0.15, 0.2) is 0 Å². The van der Waals surface area contributed by atoms with Crippen LogP contribution in [0.3, 0.4) is 0 Å². The third-order valence-corrected chi connectivity index (χ3v) is 3.35. The van der Waals surface area contributed by atoms with E-state index < -0.39 is 0 Å². The fraction of sp³-hybridized carbons (Fsp3) is 0.700. The lowest BCUT2D eigenvalue weighted by Gasteiger charge is -2.05. The first kappa shape index (κ1) is 11.6. The lowest BCUT2D eigenvalue weighted by Crippen LogP contribution is -2.08. The van der Waals surface area contributed by atoms with Gasteiger partial charge >= 0.3 is 0 Å². The van der Waals surface area contributed by atoms with E-state index in [9.17, 15) is 0 Å². The minimum Gasteiger partial charge on any atom is -0.381 e. The number of rotatable bonds is 5. The molecule has 1 aromatic heterocycles. The molecule has 1 unspecified atom stereocenters. The van der Waals surface area contributed by atoms with Gasteiger partial charge in [0, 0.05) is 25.0 Å². The fourth-order valence-corrected chi connectivity index (χ4v) is 2.44. The molecule has 0 bridgehead atoms. The molecule has 14 heavy (non-hydrogen) atoms. The Labute approximate surface area is 89.3 Å². The summed E-state index contributed by atoms with van der Waals surface area (Å²) in [7, 11) is 1.73. The lowest BCUT2D eigenvalue weighted by molar-refractivity contribution is 0.118. The Morgan fingerprint density at radius 1 is 1.57 bits per heavy atom. The summed E-state index contributed by atoms with van der Waals surface area (Å²) in [5, 5.41) is 1.14. The van der Waals surface area contributed by atoms with E-state index in [4.69, 9.17) is 10.5 Å². The Morgan fingerprint density at radius 2 is 2.29 bits per heavy atom. The molecule has 0 aromatic carbocycles. The molecular weight excluding hydrogens is 196 g/mol. The Morgan fingerprint density at radius 3 is 2.71 bits per heavy atom. The van der Waals surface area contributed by atoms with Crippen LogP contribution in [0.2, 0.25) is 0 Å². The first-order valence-electron chi connectivity index (χ1n) is 4.91. The summed E-state index contributed by atoms with van der Waals surface area (Å²) in [6.07, 6.45) is 2.08. The van der Waals surface area contributed by atoms with Crippen molar-refractivity contribution in [2.45, 2.75) is 39.3 Å². The number of hydrogen-bond acceptors (Lipinski definition) is 4. The number of aryl methyl sites for hydroxylation is 1. The average Bonchev–Trinajstić information content (AvgIpc) is 2.59. The van der Waals surface area contributed by atoms with Crippen molar-refractivity contribution in [1.29, 1.82) is 0 Å². The van der Waals surface area contributed by atoms with Gasteiger partial charge in [-0.3, -0.25) is 0 Å². The largest absolute Gasteiger partial charge is 0.381 e. The molecule has 0 aliphatic rings. The molecule has 2 N–H and O–H groups in total. The van der Waals surface area contributed by atoms with Gasteiger partial charge in [0.15, 0.2) is 0 Å². The molecule has 0 saturated heterocycles. The van der Waals surface area contributed by atoms with Gasteiger partial charge in [0.1, 0.15) is 0 Å². The number of methoxy groups -OCH3 is 1. The molecule has 0 saturated carbocycles. The van der Waals surface area contributed by atoms with Gasteiger partial charge in [-0.1, -0.05) is 6.92 Å². The number of ether oxygens (including phenoxy) is 1. The molecule has 4 heteroatoms. The van der Waals surface area contributed by atoms with Crippen molar-refractivity contribution in [2.24, 2.45) is 5.73 Å². The van der Waals surface area contributed by atoms with Gasteiger partial charge in [0.25, 0.3) is 0 Å². The topological polar surface area (TPSA) is 48.1 Å². The van der Waals surface area contributed by atoms with E-state index in [1.165, 1.54) is 4.88 Å². The van der Waals surface area contributed by atoms with E-state index in [-0.39, 0.29) is 6.10 Å². The highest BCUT2D eigenvalue weighted by atomic mass is 32.1. The van der Waals surface area contributed by atoms with Crippen LogP contribution in [0, 0.1) is 0 Å². The van der Waals surface area contributed by atoms with Crippen molar-refractivity contribution in [1.82, 2.24) is 4.98 Å². The minimum absolute atomic E-state index is 0.233. The predicted molar refractivity (Wildman–Crippen MR) is 59.6 cm³/mol. The zero-order chi connectivity index (χ0) is 10.6. The molecule has 0 spiro atoms. The monoisotopic (exact) mass is 214 g/mol. The zero-order valence-corrected chi connectivity index (χ0v) is 9.86. The van der Waals surface area contributed by atoms with Crippen LogP contribution >= 0.6 is 11.3 Å². The smallest absolute Gasteiger partial charge is 0.0957 e. The summed E-state index contributed by atoms with van der Waals surface area (Å²) in [6, 6.07) is 0. The van der Waals surface area contributed by atoms with Gasteiger partial charge in [-0.15, -0.1) is 11.3 Å². The molecule has 0 aliphatic heterocycles. The number of nitrogens with two attached hydrogens (primary N) is 1. The van der Waals surface area contributed by atoms with E-state index in [1.807, 2.05) is 0 Å². The van der Waals surface area contributed by atoms with Crippen molar-refractivity contribution >= 4 is 11.3 Å². The van der Waals surface area contributed by atoms with Crippen molar-refractivity contribution in [2.75, 3.05) is 7.11 Å². The highest BCUT2D eigenvalue weighted by Crippen LogP contribution is 2.20. The maximum absolute atomic E-state index is 5.64. The average molecular weight is 214 g/mol. The standard InChI is InChI=1S/C10H18N2OS/c1-4-8-9(6-11)14-10(12-8)5-7(2)13-3/h7H,4-6,11H2,1-3H3. The molecule has 1 heterocycles. The van der Waals surface area contributed by atoms with E-state index in [1.54, 1.807) is 18.4 Å². The number of hydrogen-bond donors (Lipinski definition) is 1. The zero-order valence-electron chi connectivity index (χ0n) is 9.04. The van der Waals surface area contributed by atoms with E-state index in [2.05, 4.69) is 18.8 Å². The van der Waals surface area contributed by atoms with E-state index in [0.717, 1.165) is 23.5 Å².